The zero-order valence-electron chi connectivity index (χ0n) is 17.4. The first-order valence-corrected chi connectivity index (χ1v) is 10.4. The highest BCUT2D eigenvalue weighted by Gasteiger charge is 2.14. The Morgan fingerprint density at radius 1 is 1.07 bits per heavy atom. The third kappa shape index (κ3) is 4.02. The van der Waals surface area contributed by atoms with Gasteiger partial charge in [-0.2, -0.15) is 0 Å². The summed E-state index contributed by atoms with van der Waals surface area (Å²) in [4.78, 5) is 18.3. The summed E-state index contributed by atoms with van der Waals surface area (Å²) in [5.41, 5.74) is 5.99. The SMILES string of the molecule is COc1cc(NC(=O)Cc2csc3nc(-c4ccc(C)c(C)c4)cn23)cc(OC)c1. The fraction of sp³-hybridized carbons (Fsp3) is 0.217. The lowest BCUT2D eigenvalue weighted by atomic mass is 10.0. The highest BCUT2D eigenvalue weighted by Crippen LogP contribution is 2.27. The molecule has 0 aliphatic heterocycles. The zero-order valence-corrected chi connectivity index (χ0v) is 18.2. The summed E-state index contributed by atoms with van der Waals surface area (Å²) in [6.45, 7) is 4.19. The van der Waals surface area contributed by atoms with Crippen molar-refractivity contribution >= 4 is 27.9 Å². The second kappa shape index (κ2) is 8.20. The number of carbonyl (C=O) groups excluding carboxylic acids is 1. The molecule has 4 rings (SSSR count). The average molecular weight is 422 g/mol. The molecule has 30 heavy (non-hydrogen) atoms. The van der Waals surface area contributed by atoms with Gasteiger partial charge in [-0.05, 0) is 31.0 Å². The number of rotatable bonds is 6. The van der Waals surface area contributed by atoms with Crippen molar-refractivity contribution in [2.45, 2.75) is 20.3 Å². The van der Waals surface area contributed by atoms with Crippen LogP contribution in [-0.4, -0.2) is 29.5 Å². The molecule has 0 saturated heterocycles. The van der Waals surface area contributed by atoms with Crippen molar-refractivity contribution in [1.82, 2.24) is 9.38 Å². The highest BCUT2D eigenvalue weighted by atomic mass is 32.1. The van der Waals surface area contributed by atoms with Gasteiger partial charge in [-0.25, -0.2) is 4.98 Å². The molecule has 4 aromatic rings. The van der Waals surface area contributed by atoms with Gasteiger partial charge in [0.2, 0.25) is 5.91 Å². The minimum atomic E-state index is -0.119. The van der Waals surface area contributed by atoms with E-state index >= 15 is 0 Å². The van der Waals surface area contributed by atoms with E-state index in [9.17, 15) is 4.79 Å². The number of nitrogens with one attached hydrogen (secondary N) is 1. The van der Waals surface area contributed by atoms with Crippen molar-refractivity contribution in [3.63, 3.8) is 0 Å². The fourth-order valence-corrected chi connectivity index (χ4v) is 4.12. The summed E-state index contributed by atoms with van der Waals surface area (Å²) < 4.78 is 12.5. The number of imidazole rings is 1. The molecule has 0 spiro atoms. The van der Waals surface area contributed by atoms with Gasteiger partial charge < -0.3 is 14.8 Å². The summed E-state index contributed by atoms with van der Waals surface area (Å²) in [6, 6.07) is 11.6. The van der Waals surface area contributed by atoms with Crippen molar-refractivity contribution in [2.24, 2.45) is 0 Å². The predicted molar refractivity (Wildman–Crippen MR) is 120 cm³/mol. The van der Waals surface area contributed by atoms with Gasteiger partial charge in [0.05, 0.1) is 26.3 Å². The standard InChI is InChI=1S/C23H23N3O3S/c1-14-5-6-16(7-15(14)2)21-12-26-18(13-30-23(26)25-21)10-22(27)24-17-8-19(28-3)11-20(9-17)29-4/h5-9,11-13H,10H2,1-4H3,(H,24,27). The topological polar surface area (TPSA) is 64.9 Å². The molecule has 0 bridgehead atoms. The number of nitrogens with zero attached hydrogens (tertiary/aromatic N) is 2. The third-order valence-corrected chi connectivity index (χ3v) is 5.95. The quantitative estimate of drug-likeness (QED) is 0.482. The van der Waals surface area contributed by atoms with E-state index in [1.807, 2.05) is 16.0 Å². The molecule has 2 aromatic carbocycles. The molecule has 1 amide bonds. The Hall–Kier alpha value is -3.32. The van der Waals surface area contributed by atoms with Crippen molar-refractivity contribution in [1.29, 1.82) is 0 Å². The monoisotopic (exact) mass is 421 g/mol. The van der Waals surface area contributed by atoms with Crippen LogP contribution in [0.3, 0.4) is 0 Å². The Labute approximate surface area is 179 Å². The van der Waals surface area contributed by atoms with Crippen molar-refractivity contribution in [2.75, 3.05) is 19.5 Å². The predicted octanol–water partition coefficient (Wildman–Crippen LogP) is 4.88. The smallest absolute Gasteiger partial charge is 0.230 e. The summed E-state index contributed by atoms with van der Waals surface area (Å²) in [7, 11) is 3.16. The van der Waals surface area contributed by atoms with E-state index in [4.69, 9.17) is 14.5 Å². The molecular weight excluding hydrogens is 398 g/mol. The van der Waals surface area contributed by atoms with Crippen LogP contribution in [0.2, 0.25) is 0 Å². The van der Waals surface area contributed by atoms with Crippen LogP contribution in [0, 0.1) is 13.8 Å². The second-order valence-electron chi connectivity index (χ2n) is 7.13. The van der Waals surface area contributed by atoms with Gasteiger partial charge >= 0.3 is 0 Å². The number of methoxy groups -OCH3 is 2. The number of hydrogen-bond acceptors (Lipinski definition) is 5. The lowest BCUT2D eigenvalue weighted by Gasteiger charge is -2.09. The third-order valence-electron chi connectivity index (χ3n) is 5.06. The van der Waals surface area contributed by atoms with E-state index in [2.05, 4.69) is 37.4 Å². The van der Waals surface area contributed by atoms with Crippen LogP contribution >= 0.6 is 11.3 Å². The molecule has 0 radical (unpaired) electrons. The summed E-state index contributed by atoms with van der Waals surface area (Å²) in [5.74, 6) is 1.12. The normalized spacial score (nSPS) is 10.9. The molecule has 6 nitrogen and oxygen atoms in total. The van der Waals surface area contributed by atoms with E-state index < -0.39 is 0 Å². The minimum absolute atomic E-state index is 0.119. The largest absolute Gasteiger partial charge is 0.497 e. The number of aryl methyl sites for hydroxylation is 2. The second-order valence-corrected chi connectivity index (χ2v) is 7.97. The van der Waals surface area contributed by atoms with Crippen LogP contribution in [0.5, 0.6) is 11.5 Å². The maximum atomic E-state index is 12.7. The highest BCUT2D eigenvalue weighted by molar-refractivity contribution is 7.15. The molecule has 0 saturated carbocycles. The number of ether oxygens (including phenoxy) is 2. The number of carbonyl (C=O) groups is 1. The van der Waals surface area contributed by atoms with Crippen LogP contribution in [0.25, 0.3) is 16.2 Å². The Bertz CT molecular complexity index is 1200. The van der Waals surface area contributed by atoms with Gasteiger partial charge in [0.1, 0.15) is 11.5 Å². The van der Waals surface area contributed by atoms with Gasteiger partial charge in [-0.3, -0.25) is 9.20 Å². The fourth-order valence-electron chi connectivity index (χ4n) is 3.25. The summed E-state index contributed by atoms with van der Waals surface area (Å²) in [5, 5.41) is 4.89. The Kier molecular flexibility index (Phi) is 5.46. The average Bonchev–Trinajstić information content (AvgIpc) is 3.31. The summed E-state index contributed by atoms with van der Waals surface area (Å²) >= 11 is 1.53. The Morgan fingerprint density at radius 3 is 2.47 bits per heavy atom. The maximum Gasteiger partial charge on any atom is 0.230 e. The van der Waals surface area contributed by atoms with Crippen LogP contribution in [0.1, 0.15) is 16.8 Å². The van der Waals surface area contributed by atoms with E-state index in [0.717, 1.165) is 21.9 Å². The molecule has 7 heteroatoms. The first-order chi connectivity index (χ1) is 14.5. The molecule has 2 heterocycles. The molecule has 154 valence electrons. The number of anilines is 1. The molecular formula is C23H23N3O3S. The number of benzene rings is 2. The number of fused-ring (bicyclic) bond motifs is 1. The van der Waals surface area contributed by atoms with Gasteiger partial charge in [-0.15, -0.1) is 11.3 Å². The first-order valence-electron chi connectivity index (χ1n) is 9.53. The van der Waals surface area contributed by atoms with Gasteiger partial charge in [-0.1, -0.05) is 12.1 Å². The molecule has 0 unspecified atom stereocenters. The lowest BCUT2D eigenvalue weighted by molar-refractivity contribution is -0.115. The first kappa shape index (κ1) is 20.0. The molecule has 0 fully saturated rings. The van der Waals surface area contributed by atoms with Crippen LogP contribution in [-0.2, 0) is 11.2 Å². The van der Waals surface area contributed by atoms with Gasteiger partial charge in [0.25, 0.3) is 0 Å². The van der Waals surface area contributed by atoms with Gasteiger partial charge in [0.15, 0.2) is 4.96 Å². The van der Waals surface area contributed by atoms with Gasteiger partial charge in [0, 0.05) is 46.7 Å². The van der Waals surface area contributed by atoms with E-state index in [1.165, 1.54) is 22.5 Å². The van der Waals surface area contributed by atoms with Crippen molar-refractivity contribution < 1.29 is 14.3 Å². The molecule has 1 N–H and O–H groups in total. The Morgan fingerprint density at radius 2 is 1.80 bits per heavy atom. The number of hydrogen-bond donors (Lipinski definition) is 1. The van der Waals surface area contributed by atoms with Crippen molar-refractivity contribution in [3.05, 3.63) is 64.8 Å². The number of aromatic nitrogens is 2. The summed E-state index contributed by atoms with van der Waals surface area (Å²) in [6.07, 6.45) is 2.23. The van der Waals surface area contributed by atoms with Crippen LogP contribution < -0.4 is 14.8 Å². The van der Waals surface area contributed by atoms with Crippen LogP contribution in [0.15, 0.2) is 48.0 Å². The number of thiazole rings is 1. The Balaban J connectivity index is 1.55. The lowest BCUT2D eigenvalue weighted by Crippen LogP contribution is -2.15. The van der Waals surface area contributed by atoms with Crippen molar-refractivity contribution in [3.8, 4) is 22.8 Å². The van der Waals surface area contributed by atoms with E-state index in [1.54, 1.807) is 32.4 Å². The molecule has 0 aliphatic carbocycles. The molecule has 2 aromatic heterocycles. The molecule has 0 atom stereocenters. The van der Waals surface area contributed by atoms with E-state index in [-0.39, 0.29) is 12.3 Å². The maximum absolute atomic E-state index is 12.7. The molecule has 0 aliphatic rings. The zero-order chi connectivity index (χ0) is 21.3. The van der Waals surface area contributed by atoms with Crippen LogP contribution in [0.4, 0.5) is 5.69 Å². The van der Waals surface area contributed by atoms with E-state index in [0.29, 0.717) is 17.2 Å². The minimum Gasteiger partial charge on any atom is -0.497 e. The number of amides is 1.